The molecule has 1 aromatic heterocycles. The second-order valence-corrected chi connectivity index (χ2v) is 7.79. The van der Waals surface area contributed by atoms with E-state index >= 15 is 0 Å². The third-order valence-corrected chi connectivity index (χ3v) is 5.27. The Hall–Kier alpha value is -3.51. The summed E-state index contributed by atoms with van der Waals surface area (Å²) in [6.07, 6.45) is 0. The summed E-state index contributed by atoms with van der Waals surface area (Å²) in [5, 5.41) is 4.53. The molecule has 1 N–H and O–H groups in total. The minimum absolute atomic E-state index is 0.625. The molecule has 0 spiro atoms. The topological polar surface area (TPSA) is 59.4 Å². The number of halogens is 1. The van der Waals surface area contributed by atoms with Gasteiger partial charge in [0.15, 0.2) is 11.6 Å². The van der Waals surface area contributed by atoms with Crippen molar-refractivity contribution in [2.24, 2.45) is 5.10 Å². The fourth-order valence-corrected chi connectivity index (χ4v) is 3.29. The second kappa shape index (κ2) is 9.53. The molecule has 3 aromatic carbocycles. The van der Waals surface area contributed by atoms with Crippen LogP contribution in [0.4, 0.5) is 5.82 Å². The fraction of sp³-hybridized carbons (Fsp3) is 0.0800. The van der Waals surface area contributed by atoms with Gasteiger partial charge in [0.1, 0.15) is 5.75 Å². The number of hydrogen-bond acceptors (Lipinski definition) is 5. The van der Waals surface area contributed by atoms with E-state index in [0.29, 0.717) is 11.6 Å². The summed E-state index contributed by atoms with van der Waals surface area (Å²) in [5.74, 6) is 2.07. The van der Waals surface area contributed by atoms with Crippen molar-refractivity contribution < 1.29 is 4.74 Å². The van der Waals surface area contributed by atoms with E-state index in [-0.39, 0.29) is 0 Å². The molecule has 31 heavy (non-hydrogen) atoms. The molecule has 154 valence electrons. The maximum atomic E-state index is 5.22. The molecule has 0 aliphatic carbocycles. The first-order valence-electron chi connectivity index (χ1n) is 9.77. The molecule has 0 unspecified atom stereocenters. The number of anilines is 1. The molecular weight excluding hydrogens is 452 g/mol. The summed E-state index contributed by atoms with van der Waals surface area (Å²) in [6, 6.07) is 27.7. The average molecular weight is 473 g/mol. The van der Waals surface area contributed by atoms with Gasteiger partial charge >= 0.3 is 0 Å². The van der Waals surface area contributed by atoms with Crippen LogP contribution in [0.2, 0.25) is 0 Å². The van der Waals surface area contributed by atoms with Crippen molar-refractivity contribution in [2.45, 2.75) is 6.92 Å². The number of ether oxygens (including phenoxy) is 1. The van der Waals surface area contributed by atoms with Crippen molar-refractivity contribution in [3.8, 4) is 28.4 Å². The molecule has 0 aliphatic heterocycles. The standard InChI is InChI=1S/C25H21BrN4O/c1-17(18-10-14-22(31-2)15-11-18)29-30-24-16-23(19-6-4-3-5-7-19)27-25(28-24)20-8-12-21(26)13-9-20/h3-16H,1-2H3,(H,27,28,30). The van der Waals surface area contributed by atoms with Crippen molar-refractivity contribution in [1.82, 2.24) is 9.97 Å². The lowest BCUT2D eigenvalue weighted by molar-refractivity contribution is 0.415. The van der Waals surface area contributed by atoms with Crippen LogP contribution >= 0.6 is 15.9 Å². The molecule has 0 saturated heterocycles. The summed E-state index contributed by atoms with van der Waals surface area (Å²) >= 11 is 3.48. The van der Waals surface area contributed by atoms with E-state index in [1.54, 1.807) is 7.11 Å². The molecular formula is C25H21BrN4O. The van der Waals surface area contributed by atoms with Crippen LogP contribution in [0.15, 0.2) is 94.5 Å². The summed E-state index contributed by atoms with van der Waals surface area (Å²) in [6.45, 7) is 1.95. The molecule has 0 saturated carbocycles. The molecule has 0 bridgehead atoms. The highest BCUT2D eigenvalue weighted by molar-refractivity contribution is 9.10. The molecule has 5 nitrogen and oxygen atoms in total. The normalized spacial score (nSPS) is 11.3. The predicted octanol–water partition coefficient (Wildman–Crippen LogP) is 6.42. The first-order chi connectivity index (χ1) is 15.1. The minimum Gasteiger partial charge on any atom is -0.497 e. The van der Waals surface area contributed by atoms with Crippen LogP contribution in [-0.4, -0.2) is 22.8 Å². The molecule has 0 atom stereocenters. The van der Waals surface area contributed by atoms with E-state index in [0.717, 1.165) is 38.3 Å². The van der Waals surface area contributed by atoms with Crippen molar-refractivity contribution in [1.29, 1.82) is 0 Å². The van der Waals surface area contributed by atoms with Crippen LogP contribution < -0.4 is 10.2 Å². The number of rotatable bonds is 6. The van der Waals surface area contributed by atoms with Gasteiger partial charge in [-0.15, -0.1) is 0 Å². The zero-order valence-electron chi connectivity index (χ0n) is 17.2. The van der Waals surface area contributed by atoms with Crippen LogP contribution in [0, 0.1) is 0 Å². The number of hydrazone groups is 1. The van der Waals surface area contributed by atoms with E-state index < -0.39 is 0 Å². The SMILES string of the molecule is COc1ccc(C(C)=NNc2cc(-c3ccccc3)nc(-c3ccc(Br)cc3)n2)cc1. The Kier molecular flexibility index (Phi) is 6.38. The molecule has 0 aliphatic rings. The molecule has 0 fully saturated rings. The van der Waals surface area contributed by atoms with E-state index in [1.165, 1.54) is 0 Å². The first kappa shape index (κ1) is 20.8. The maximum Gasteiger partial charge on any atom is 0.162 e. The number of nitrogens with zero attached hydrogens (tertiary/aromatic N) is 3. The zero-order chi connectivity index (χ0) is 21.6. The van der Waals surface area contributed by atoms with Crippen LogP contribution in [-0.2, 0) is 0 Å². The Morgan fingerprint density at radius 1 is 0.871 bits per heavy atom. The van der Waals surface area contributed by atoms with Gasteiger partial charge in [-0.25, -0.2) is 9.97 Å². The number of nitrogens with one attached hydrogen (secondary N) is 1. The third-order valence-electron chi connectivity index (χ3n) is 4.74. The maximum absolute atomic E-state index is 5.22. The lowest BCUT2D eigenvalue weighted by Gasteiger charge is -2.09. The first-order valence-corrected chi connectivity index (χ1v) is 10.6. The molecule has 6 heteroatoms. The van der Waals surface area contributed by atoms with E-state index in [1.807, 2.05) is 91.9 Å². The van der Waals surface area contributed by atoms with Crippen molar-refractivity contribution in [2.75, 3.05) is 12.5 Å². The van der Waals surface area contributed by atoms with Gasteiger partial charge in [-0.1, -0.05) is 58.4 Å². The average Bonchev–Trinajstić information content (AvgIpc) is 2.83. The summed E-state index contributed by atoms with van der Waals surface area (Å²) < 4.78 is 6.23. The van der Waals surface area contributed by atoms with Crippen molar-refractivity contribution in [3.63, 3.8) is 0 Å². The van der Waals surface area contributed by atoms with Crippen molar-refractivity contribution >= 4 is 27.5 Å². The fourth-order valence-electron chi connectivity index (χ4n) is 3.03. The largest absolute Gasteiger partial charge is 0.497 e. The second-order valence-electron chi connectivity index (χ2n) is 6.87. The number of hydrogen-bond donors (Lipinski definition) is 1. The van der Waals surface area contributed by atoms with Crippen LogP contribution in [0.25, 0.3) is 22.6 Å². The van der Waals surface area contributed by atoms with Gasteiger partial charge in [0.05, 0.1) is 18.5 Å². The lowest BCUT2D eigenvalue weighted by atomic mass is 10.1. The molecule has 0 amide bonds. The van der Waals surface area contributed by atoms with E-state index in [9.17, 15) is 0 Å². The van der Waals surface area contributed by atoms with Gasteiger partial charge in [0, 0.05) is 21.7 Å². The minimum atomic E-state index is 0.625. The number of methoxy groups -OCH3 is 1. The third kappa shape index (κ3) is 5.16. The summed E-state index contributed by atoms with van der Waals surface area (Å²) in [5.41, 5.74) is 7.71. The number of aromatic nitrogens is 2. The number of benzene rings is 3. The Balaban J connectivity index is 1.68. The smallest absolute Gasteiger partial charge is 0.162 e. The molecule has 4 rings (SSSR count). The summed E-state index contributed by atoms with van der Waals surface area (Å²) in [4.78, 5) is 9.47. The molecule has 0 radical (unpaired) electrons. The van der Waals surface area contributed by atoms with Gasteiger partial charge in [-0.3, -0.25) is 5.43 Å². The van der Waals surface area contributed by atoms with Crippen molar-refractivity contribution in [3.05, 3.63) is 95.0 Å². The van der Waals surface area contributed by atoms with E-state index in [4.69, 9.17) is 9.72 Å². The molecule has 1 heterocycles. The van der Waals surface area contributed by atoms with Crippen LogP contribution in [0.3, 0.4) is 0 Å². The highest BCUT2D eigenvalue weighted by Gasteiger charge is 2.09. The highest BCUT2D eigenvalue weighted by atomic mass is 79.9. The molecule has 4 aromatic rings. The Morgan fingerprint density at radius 3 is 2.26 bits per heavy atom. The van der Waals surface area contributed by atoms with E-state index in [2.05, 4.69) is 31.4 Å². The monoisotopic (exact) mass is 472 g/mol. The Labute approximate surface area is 190 Å². The quantitative estimate of drug-likeness (QED) is 0.259. The van der Waals surface area contributed by atoms with Gasteiger partial charge in [0.25, 0.3) is 0 Å². The van der Waals surface area contributed by atoms with Gasteiger partial charge in [-0.05, 0) is 48.9 Å². The zero-order valence-corrected chi connectivity index (χ0v) is 18.8. The highest BCUT2D eigenvalue weighted by Crippen LogP contribution is 2.25. The van der Waals surface area contributed by atoms with Gasteiger partial charge < -0.3 is 4.74 Å². The lowest BCUT2D eigenvalue weighted by Crippen LogP contribution is -2.03. The predicted molar refractivity (Wildman–Crippen MR) is 129 cm³/mol. The van der Waals surface area contributed by atoms with Crippen LogP contribution in [0.1, 0.15) is 12.5 Å². The van der Waals surface area contributed by atoms with Gasteiger partial charge in [-0.2, -0.15) is 5.10 Å². The van der Waals surface area contributed by atoms with Crippen LogP contribution in [0.5, 0.6) is 5.75 Å². The van der Waals surface area contributed by atoms with Gasteiger partial charge in [0.2, 0.25) is 0 Å². The Morgan fingerprint density at radius 2 is 1.58 bits per heavy atom. The Bertz CT molecular complexity index is 1190. The summed E-state index contributed by atoms with van der Waals surface area (Å²) in [7, 11) is 1.65.